The number of fused-ring (bicyclic) bond motifs is 1. The molecule has 0 aromatic heterocycles. The SMILES string of the molecule is CC(C)(C)C1CCC2=C(C1)C(C(N)=O)NN2.CN1C(=O)CCOc2ccccc21. The Kier molecular flexibility index (Phi) is 6.17. The Balaban J connectivity index is 0.000000169. The van der Waals surface area contributed by atoms with Crippen molar-refractivity contribution in [1.82, 2.24) is 10.9 Å². The van der Waals surface area contributed by atoms with Crippen LogP contribution in [0.3, 0.4) is 0 Å². The van der Waals surface area contributed by atoms with E-state index in [0.717, 1.165) is 24.3 Å². The second-order valence-electron chi connectivity index (χ2n) is 8.93. The van der Waals surface area contributed by atoms with Crippen LogP contribution in [0.15, 0.2) is 35.5 Å². The van der Waals surface area contributed by atoms with Crippen molar-refractivity contribution in [1.29, 1.82) is 0 Å². The first kappa shape index (κ1) is 21.2. The van der Waals surface area contributed by atoms with Crippen LogP contribution in [0, 0.1) is 11.3 Å². The van der Waals surface area contributed by atoms with E-state index in [0.29, 0.717) is 24.4 Å². The van der Waals surface area contributed by atoms with E-state index in [2.05, 4.69) is 31.6 Å². The van der Waals surface area contributed by atoms with Crippen LogP contribution in [0.1, 0.15) is 46.5 Å². The van der Waals surface area contributed by atoms with Crippen LogP contribution in [0.4, 0.5) is 5.69 Å². The lowest BCUT2D eigenvalue weighted by atomic mass is 9.71. The van der Waals surface area contributed by atoms with Crippen LogP contribution < -0.4 is 26.2 Å². The Morgan fingerprint density at radius 1 is 1.24 bits per heavy atom. The molecule has 29 heavy (non-hydrogen) atoms. The number of ether oxygens (including phenoxy) is 1. The molecule has 0 bridgehead atoms. The largest absolute Gasteiger partial charge is 0.491 e. The number of hydrazine groups is 1. The number of carbonyl (C=O) groups excluding carboxylic acids is 2. The van der Waals surface area contributed by atoms with Crippen molar-refractivity contribution < 1.29 is 14.3 Å². The van der Waals surface area contributed by atoms with Crippen LogP contribution in [0.25, 0.3) is 0 Å². The number of amides is 2. The zero-order chi connectivity index (χ0) is 21.2. The second-order valence-corrected chi connectivity index (χ2v) is 8.93. The van der Waals surface area contributed by atoms with Gasteiger partial charge in [0, 0.05) is 12.7 Å². The maximum absolute atomic E-state index is 11.4. The highest BCUT2D eigenvalue weighted by Crippen LogP contribution is 2.41. The molecule has 2 atom stereocenters. The lowest BCUT2D eigenvalue weighted by Gasteiger charge is -2.34. The summed E-state index contributed by atoms with van der Waals surface area (Å²) in [6, 6.07) is 7.27. The lowest BCUT2D eigenvalue weighted by molar-refractivity contribution is -0.119. The first-order chi connectivity index (χ1) is 13.7. The summed E-state index contributed by atoms with van der Waals surface area (Å²) < 4.78 is 5.43. The number of hydrogen-bond donors (Lipinski definition) is 3. The molecule has 2 aliphatic heterocycles. The number of anilines is 1. The van der Waals surface area contributed by atoms with Gasteiger partial charge in [-0.25, -0.2) is 5.43 Å². The highest BCUT2D eigenvalue weighted by Gasteiger charge is 2.37. The summed E-state index contributed by atoms with van der Waals surface area (Å²) >= 11 is 0. The third kappa shape index (κ3) is 4.72. The predicted molar refractivity (Wildman–Crippen MR) is 113 cm³/mol. The molecule has 1 aromatic rings. The van der Waals surface area contributed by atoms with Gasteiger partial charge < -0.3 is 20.8 Å². The van der Waals surface area contributed by atoms with Gasteiger partial charge in [-0.1, -0.05) is 32.9 Å². The fourth-order valence-corrected chi connectivity index (χ4v) is 4.04. The van der Waals surface area contributed by atoms with Gasteiger partial charge in [-0.05, 0) is 48.3 Å². The number of benzene rings is 1. The number of nitrogens with one attached hydrogen (secondary N) is 2. The van der Waals surface area contributed by atoms with Crippen LogP contribution in [0.2, 0.25) is 0 Å². The number of allylic oxidation sites excluding steroid dienone is 1. The number of rotatable bonds is 1. The molecule has 0 spiro atoms. The van der Waals surface area contributed by atoms with Crippen LogP contribution in [-0.4, -0.2) is 31.5 Å². The maximum atomic E-state index is 11.4. The molecular formula is C22H32N4O3. The molecule has 4 rings (SSSR count). The Morgan fingerprint density at radius 3 is 2.66 bits per heavy atom. The molecule has 3 aliphatic rings. The van der Waals surface area contributed by atoms with Crippen LogP contribution in [-0.2, 0) is 9.59 Å². The molecule has 0 saturated carbocycles. The fourth-order valence-electron chi connectivity index (χ4n) is 4.04. The molecule has 1 aliphatic carbocycles. The van der Waals surface area contributed by atoms with E-state index in [1.807, 2.05) is 24.3 Å². The molecule has 0 radical (unpaired) electrons. The molecule has 2 amide bonds. The zero-order valence-corrected chi connectivity index (χ0v) is 17.7. The van der Waals surface area contributed by atoms with Gasteiger partial charge in [0.1, 0.15) is 11.8 Å². The lowest BCUT2D eigenvalue weighted by Crippen LogP contribution is -2.42. The van der Waals surface area contributed by atoms with Gasteiger partial charge in [0.15, 0.2) is 0 Å². The third-order valence-electron chi connectivity index (χ3n) is 6.00. The quantitative estimate of drug-likeness (QED) is 0.673. The Morgan fingerprint density at radius 2 is 1.97 bits per heavy atom. The normalized spacial score (nSPS) is 23.7. The van der Waals surface area contributed by atoms with E-state index in [1.165, 1.54) is 17.7 Å². The monoisotopic (exact) mass is 400 g/mol. The van der Waals surface area contributed by atoms with Crippen molar-refractivity contribution >= 4 is 17.5 Å². The van der Waals surface area contributed by atoms with E-state index >= 15 is 0 Å². The Hall–Kier alpha value is -2.54. The number of para-hydroxylation sites is 2. The summed E-state index contributed by atoms with van der Waals surface area (Å²) in [7, 11) is 1.77. The van der Waals surface area contributed by atoms with Crippen molar-refractivity contribution in [3.05, 3.63) is 35.5 Å². The van der Waals surface area contributed by atoms with Crippen molar-refractivity contribution in [3.63, 3.8) is 0 Å². The fraction of sp³-hybridized carbons (Fsp3) is 0.545. The minimum atomic E-state index is -0.305. The summed E-state index contributed by atoms with van der Waals surface area (Å²) in [6.45, 7) is 7.26. The highest BCUT2D eigenvalue weighted by atomic mass is 16.5. The first-order valence-electron chi connectivity index (χ1n) is 10.2. The summed E-state index contributed by atoms with van der Waals surface area (Å²) in [5.41, 5.74) is 15.0. The third-order valence-corrected chi connectivity index (χ3v) is 6.00. The van der Waals surface area contributed by atoms with Crippen LogP contribution >= 0.6 is 0 Å². The molecule has 7 heteroatoms. The maximum Gasteiger partial charge on any atom is 0.240 e. The van der Waals surface area contributed by atoms with Gasteiger partial charge in [0.05, 0.1) is 18.7 Å². The van der Waals surface area contributed by atoms with Crippen molar-refractivity contribution in [2.45, 2.75) is 52.5 Å². The molecule has 1 aromatic carbocycles. The smallest absolute Gasteiger partial charge is 0.240 e. The number of nitrogens with zero attached hydrogens (tertiary/aromatic N) is 1. The summed E-state index contributed by atoms with van der Waals surface area (Å²) in [6.07, 6.45) is 3.63. The minimum absolute atomic E-state index is 0.102. The van der Waals surface area contributed by atoms with Gasteiger partial charge in [-0.15, -0.1) is 0 Å². The molecule has 158 valence electrons. The molecule has 2 heterocycles. The molecule has 2 unspecified atom stereocenters. The average Bonchev–Trinajstić information content (AvgIpc) is 3.05. The molecule has 4 N–H and O–H groups in total. The zero-order valence-electron chi connectivity index (χ0n) is 17.7. The Labute approximate surface area is 172 Å². The summed E-state index contributed by atoms with van der Waals surface area (Å²) in [5.74, 6) is 1.24. The predicted octanol–water partition coefficient (Wildman–Crippen LogP) is 2.48. The van der Waals surface area contributed by atoms with E-state index in [4.69, 9.17) is 10.5 Å². The van der Waals surface area contributed by atoms with Gasteiger partial charge in [0.2, 0.25) is 11.8 Å². The molecule has 0 fully saturated rings. The van der Waals surface area contributed by atoms with E-state index < -0.39 is 0 Å². The van der Waals surface area contributed by atoms with E-state index in [1.54, 1.807) is 11.9 Å². The number of primary amides is 1. The number of nitrogens with two attached hydrogens (primary N) is 1. The van der Waals surface area contributed by atoms with Gasteiger partial charge >= 0.3 is 0 Å². The van der Waals surface area contributed by atoms with Crippen LogP contribution in [0.5, 0.6) is 5.75 Å². The first-order valence-corrected chi connectivity index (χ1v) is 10.2. The van der Waals surface area contributed by atoms with Gasteiger partial charge in [-0.2, -0.15) is 0 Å². The molecular weight excluding hydrogens is 368 g/mol. The van der Waals surface area contributed by atoms with Crippen molar-refractivity contribution in [3.8, 4) is 5.75 Å². The summed E-state index contributed by atoms with van der Waals surface area (Å²) in [4.78, 5) is 24.4. The Bertz CT molecular complexity index is 813. The average molecular weight is 401 g/mol. The van der Waals surface area contributed by atoms with Crippen molar-refractivity contribution in [2.75, 3.05) is 18.6 Å². The van der Waals surface area contributed by atoms with E-state index in [9.17, 15) is 9.59 Å². The molecule has 7 nitrogen and oxygen atoms in total. The van der Waals surface area contributed by atoms with Crippen molar-refractivity contribution in [2.24, 2.45) is 17.1 Å². The highest BCUT2D eigenvalue weighted by molar-refractivity contribution is 5.95. The number of hydrogen-bond acceptors (Lipinski definition) is 5. The van der Waals surface area contributed by atoms with Gasteiger partial charge in [0.25, 0.3) is 0 Å². The minimum Gasteiger partial charge on any atom is -0.491 e. The standard InChI is InChI=1S/C12H21N3O.C10H11NO2/c1-12(2,3)7-4-5-9-8(6-7)10(11(13)16)15-14-9;1-11-8-4-2-3-5-9(8)13-7-6-10(11)12/h7,10,14-15H,4-6H2,1-3H3,(H2,13,16);2-5H,6-7H2,1H3. The van der Waals surface area contributed by atoms with Gasteiger partial charge in [-0.3, -0.25) is 9.59 Å². The van der Waals surface area contributed by atoms with E-state index in [-0.39, 0.29) is 17.9 Å². The topological polar surface area (TPSA) is 96.7 Å². The number of carbonyl (C=O) groups is 2. The summed E-state index contributed by atoms with van der Waals surface area (Å²) in [5, 5.41) is 0. The molecule has 0 saturated heterocycles. The second kappa shape index (κ2) is 8.45.